The topological polar surface area (TPSA) is 67.6 Å². The number of nitrogen functional groups attached to an aromatic ring is 1. The molecule has 0 aliphatic carbocycles. The van der Waals surface area contributed by atoms with E-state index < -0.39 is 6.09 Å². The summed E-state index contributed by atoms with van der Waals surface area (Å²) in [6.07, 6.45) is 2.80. The van der Waals surface area contributed by atoms with Crippen molar-refractivity contribution >= 4 is 29.1 Å². The minimum absolute atomic E-state index is 0.413. The summed E-state index contributed by atoms with van der Waals surface area (Å²) in [5, 5.41) is 3.32. The van der Waals surface area contributed by atoms with Crippen LogP contribution in [-0.4, -0.2) is 37.2 Å². The van der Waals surface area contributed by atoms with Gasteiger partial charge in [-0.15, -0.1) is 0 Å². The summed E-state index contributed by atoms with van der Waals surface area (Å²) in [7, 11) is 2.12. The van der Waals surface area contributed by atoms with Crippen LogP contribution in [0.2, 0.25) is 5.02 Å². The number of rotatable bonds is 5. The molecule has 0 radical (unpaired) electrons. The summed E-state index contributed by atoms with van der Waals surface area (Å²) in [5.74, 6) is 0. The number of nitrogens with zero attached hydrogens (tertiary/aromatic N) is 1. The number of carbonyl (C=O) groups is 1. The Hall–Kier alpha value is -2.24. The molecule has 1 fully saturated rings. The van der Waals surface area contributed by atoms with Gasteiger partial charge in [0.1, 0.15) is 0 Å². The molecule has 1 saturated heterocycles. The van der Waals surface area contributed by atoms with Crippen LogP contribution in [0.4, 0.5) is 16.2 Å². The number of amides is 1. The van der Waals surface area contributed by atoms with Gasteiger partial charge in [0.15, 0.2) is 0 Å². The molecule has 3 N–H and O–H groups in total. The van der Waals surface area contributed by atoms with Gasteiger partial charge in [-0.25, -0.2) is 4.79 Å². The number of hydrogen-bond acceptors (Lipinski definition) is 4. The normalized spacial score (nSPS) is 17.2. The maximum Gasteiger partial charge on any atom is 0.411 e. The van der Waals surface area contributed by atoms with Crippen molar-refractivity contribution in [3.05, 3.63) is 47.5 Å². The van der Waals surface area contributed by atoms with Gasteiger partial charge in [-0.05, 0) is 56.6 Å². The number of likely N-dealkylation sites (tertiary alicyclic amines) is 1. The summed E-state index contributed by atoms with van der Waals surface area (Å²) in [4.78, 5) is 14.5. The zero-order valence-corrected chi connectivity index (χ0v) is 15.6. The van der Waals surface area contributed by atoms with Crippen LogP contribution in [0.15, 0.2) is 42.5 Å². The number of halogens is 1. The van der Waals surface area contributed by atoms with Gasteiger partial charge in [0, 0.05) is 11.6 Å². The van der Waals surface area contributed by atoms with Gasteiger partial charge in [-0.2, -0.15) is 0 Å². The highest BCUT2D eigenvalue weighted by Crippen LogP contribution is 2.32. The molecular weight excluding hydrogens is 350 g/mol. The van der Waals surface area contributed by atoms with E-state index in [9.17, 15) is 4.79 Å². The molecule has 1 heterocycles. The van der Waals surface area contributed by atoms with Crippen molar-refractivity contribution in [3.8, 4) is 11.1 Å². The third-order valence-electron chi connectivity index (χ3n) is 4.83. The van der Waals surface area contributed by atoms with Crippen LogP contribution in [0.5, 0.6) is 0 Å². The first-order chi connectivity index (χ1) is 12.5. The Morgan fingerprint density at radius 3 is 2.88 bits per heavy atom. The molecule has 1 atom stereocenters. The van der Waals surface area contributed by atoms with Gasteiger partial charge in [-0.1, -0.05) is 35.9 Å². The average molecular weight is 374 g/mol. The Kier molecular flexibility index (Phi) is 6.01. The number of anilines is 2. The van der Waals surface area contributed by atoms with Crippen LogP contribution < -0.4 is 11.1 Å². The maximum absolute atomic E-state index is 12.2. The highest BCUT2D eigenvalue weighted by atomic mass is 35.5. The first kappa shape index (κ1) is 18.5. The maximum atomic E-state index is 12.2. The summed E-state index contributed by atoms with van der Waals surface area (Å²) >= 11 is 6.12. The monoisotopic (exact) mass is 373 g/mol. The average Bonchev–Trinajstić information content (AvgIpc) is 3.03. The number of para-hydroxylation sites is 1. The Balaban J connectivity index is 1.62. The van der Waals surface area contributed by atoms with Crippen molar-refractivity contribution in [2.24, 2.45) is 0 Å². The van der Waals surface area contributed by atoms with Gasteiger partial charge in [0.25, 0.3) is 0 Å². The van der Waals surface area contributed by atoms with Crippen molar-refractivity contribution < 1.29 is 9.53 Å². The Bertz CT molecular complexity index is 781. The van der Waals surface area contributed by atoms with E-state index in [1.54, 1.807) is 12.1 Å². The van der Waals surface area contributed by atoms with E-state index in [0.717, 1.165) is 24.1 Å². The molecule has 26 heavy (non-hydrogen) atoms. The zero-order valence-electron chi connectivity index (χ0n) is 14.9. The summed E-state index contributed by atoms with van der Waals surface area (Å²) in [6, 6.07) is 13.5. The molecular formula is C20H24ClN3O2. The lowest BCUT2D eigenvalue weighted by Gasteiger charge is -2.19. The van der Waals surface area contributed by atoms with Crippen LogP contribution in [0.1, 0.15) is 19.3 Å². The lowest BCUT2D eigenvalue weighted by Crippen LogP contribution is -2.27. The molecule has 3 rings (SSSR count). The first-order valence-corrected chi connectivity index (χ1v) is 9.21. The number of benzene rings is 2. The first-order valence-electron chi connectivity index (χ1n) is 8.83. The van der Waals surface area contributed by atoms with Crippen molar-refractivity contribution in [1.29, 1.82) is 0 Å². The number of nitrogens with one attached hydrogen (secondary N) is 1. The van der Waals surface area contributed by atoms with Crippen molar-refractivity contribution in [1.82, 2.24) is 4.90 Å². The van der Waals surface area contributed by atoms with E-state index >= 15 is 0 Å². The number of hydrogen-bond donors (Lipinski definition) is 2. The molecule has 6 heteroatoms. The van der Waals surface area contributed by atoms with Crippen molar-refractivity contribution in [2.75, 3.05) is 31.2 Å². The summed E-state index contributed by atoms with van der Waals surface area (Å²) in [6.45, 7) is 1.53. The molecule has 0 spiro atoms. The fourth-order valence-electron chi connectivity index (χ4n) is 3.32. The summed E-state index contributed by atoms with van der Waals surface area (Å²) < 4.78 is 5.37. The molecule has 1 amide bonds. The second-order valence-electron chi connectivity index (χ2n) is 6.61. The van der Waals surface area contributed by atoms with E-state index in [0.29, 0.717) is 29.0 Å². The number of nitrogens with two attached hydrogens (primary N) is 1. The minimum atomic E-state index is -0.445. The quantitative estimate of drug-likeness (QED) is 0.750. The predicted octanol–water partition coefficient (Wildman–Crippen LogP) is 4.62. The van der Waals surface area contributed by atoms with Crippen LogP contribution in [0.25, 0.3) is 11.1 Å². The third-order valence-corrected chi connectivity index (χ3v) is 5.16. The molecule has 0 aromatic heterocycles. The smallest absolute Gasteiger partial charge is 0.411 e. The van der Waals surface area contributed by atoms with E-state index in [-0.39, 0.29) is 0 Å². The molecule has 2 aromatic rings. The Morgan fingerprint density at radius 1 is 1.35 bits per heavy atom. The standard InChI is InChI=1S/C20H24ClN3O2/c1-24-11-4-5-15(24)10-12-26-20(25)23-19-7-3-2-6-16(19)14-8-9-18(22)17(21)13-14/h2-3,6-9,13,15H,4-5,10-12,22H2,1H3,(H,23,25). The minimum Gasteiger partial charge on any atom is -0.449 e. The second-order valence-corrected chi connectivity index (χ2v) is 7.02. The SMILES string of the molecule is CN1CCCC1CCOC(=O)Nc1ccccc1-c1ccc(N)c(Cl)c1. The van der Waals surface area contributed by atoms with Gasteiger partial charge in [0.05, 0.1) is 23.0 Å². The van der Waals surface area contributed by atoms with Crippen molar-refractivity contribution in [3.63, 3.8) is 0 Å². The molecule has 2 aromatic carbocycles. The molecule has 0 bridgehead atoms. The van der Waals surface area contributed by atoms with Gasteiger partial charge >= 0.3 is 6.09 Å². The van der Waals surface area contributed by atoms with Crippen LogP contribution in [-0.2, 0) is 4.74 Å². The molecule has 138 valence electrons. The summed E-state index contributed by atoms with van der Waals surface area (Å²) in [5.41, 5.74) is 8.72. The fraction of sp³-hybridized carbons (Fsp3) is 0.350. The van der Waals surface area contributed by atoms with Crippen molar-refractivity contribution in [2.45, 2.75) is 25.3 Å². The Morgan fingerprint density at radius 2 is 2.15 bits per heavy atom. The van der Waals surface area contributed by atoms with Gasteiger partial charge in [0.2, 0.25) is 0 Å². The third kappa shape index (κ3) is 4.48. The molecule has 1 unspecified atom stereocenters. The lowest BCUT2D eigenvalue weighted by molar-refractivity contribution is 0.147. The fourth-order valence-corrected chi connectivity index (χ4v) is 3.50. The number of ether oxygens (including phenoxy) is 1. The van der Waals surface area contributed by atoms with E-state index in [4.69, 9.17) is 22.1 Å². The molecule has 1 aliphatic heterocycles. The number of carbonyl (C=O) groups excluding carboxylic acids is 1. The molecule has 1 aliphatic rings. The Labute approximate surface area is 159 Å². The van der Waals surface area contributed by atoms with Crippen LogP contribution in [0, 0.1) is 0 Å². The molecule has 5 nitrogen and oxygen atoms in total. The largest absolute Gasteiger partial charge is 0.449 e. The highest BCUT2D eigenvalue weighted by molar-refractivity contribution is 6.33. The van der Waals surface area contributed by atoms with E-state index in [2.05, 4.69) is 17.3 Å². The zero-order chi connectivity index (χ0) is 18.5. The van der Waals surface area contributed by atoms with Crippen LogP contribution in [0.3, 0.4) is 0 Å². The lowest BCUT2D eigenvalue weighted by atomic mass is 10.0. The second kappa shape index (κ2) is 8.43. The van der Waals surface area contributed by atoms with E-state index in [1.807, 2.05) is 30.3 Å². The van der Waals surface area contributed by atoms with E-state index in [1.165, 1.54) is 12.8 Å². The van der Waals surface area contributed by atoms with Gasteiger partial charge in [-0.3, -0.25) is 5.32 Å². The highest BCUT2D eigenvalue weighted by Gasteiger charge is 2.20. The predicted molar refractivity (Wildman–Crippen MR) is 107 cm³/mol. The van der Waals surface area contributed by atoms with Gasteiger partial charge < -0.3 is 15.4 Å². The molecule has 0 saturated carbocycles. The van der Waals surface area contributed by atoms with Crippen LogP contribution >= 0.6 is 11.6 Å².